The van der Waals surface area contributed by atoms with Crippen LogP contribution in [0.25, 0.3) is 33.4 Å². The van der Waals surface area contributed by atoms with E-state index >= 15 is 4.39 Å². The Bertz CT molecular complexity index is 1600. The van der Waals surface area contributed by atoms with Crippen molar-refractivity contribution in [1.82, 2.24) is 45.0 Å². The lowest BCUT2D eigenvalue weighted by Crippen LogP contribution is -2.35. The molecule has 0 spiro atoms. The van der Waals surface area contributed by atoms with Crippen LogP contribution < -0.4 is 0 Å². The number of aromatic amines is 2. The minimum atomic E-state index is -0.442. The van der Waals surface area contributed by atoms with Crippen LogP contribution in [0, 0.1) is 5.82 Å². The maximum Gasteiger partial charge on any atom is 0.151 e. The molecule has 180 valence electrons. The molecule has 36 heavy (non-hydrogen) atoms. The molecule has 0 radical (unpaired) electrons. The van der Waals surface area contributed by atoms with E-state index in [0.717, 1.165) is 46.4 Å². The van der Waals surface area contributed by atoms with Crippen molar-refractivity contribution >= 4 is 28.1 Å². The summed E-state index contributed by atoms with van der Waals surface area (Å²) >= 11 is 6.17. The summed E-state index contributed by atoms with van der Waals surface area (Å²) in [5.41, 5.74) is 5.03. The number of pyridine rings is 1. The molecule has 5 aromatic rings. The van der Waals surface area contributed by atoms with Gasteiger partial charge in [-0.2, -0.15) is 4.68 Å². The van der Waals surface area contributed by atoms with Gasteiger partial charge in [0.05, 0.1) is 28.6 Å². The molecule has 0 unspecified atom stereocenters. The molecule has 2 atom stereocenters. The van der Waals surface area contributed by atoms with Crippen molar-refractivity contribution in [2.75, 3.05) is 6.54 Å². The fraction of sp³-hybridized carbons (Fsp3) is 0.240. The molecule has 7 rings (SSSR count). The van der Waals surface area contributed by atoms with E-state index in [1.54, 1.807) is 12.3 Å². The van der Waals surface area contributed by atoms with Gasteiger partial charge in [0, 0.05) is 53.2 Å². The molecule has 0 aliphatic carbocycles. The number of fused-ring (bicyclic) bond motifs is 2. The van der Waals surface area contributed by atoms with Gasteiger partial charge in [0.1, 0.15) is 12.2 Å². The summed E-state index contributed by atoms with van der Waals surface area (Å²) in [4.78, 5) is 18.3. The zero-order valence-corrected chi connectivity index (χ0v) is 19.8. The molecule has 1 aromatic carbocycles. The highest BCUT2D eigenvalue weighted by molar-refractivity contribution is 6.31. The van der Waals surface area contributed by atoms with Crippen molar-refractivity contribution < 1.29 is 4.39 Å². The molecule has 9 nitrogen and oxygen atoms in total. The molecule has 1 saturated heterocycles. The second-order valence-electron chi connectivity index (χ2n) is 9.19. The third-order valence-electron chi connectivity index (χ3n) is 7.32. The zero-order valence-electron chi connectivity index (χ0n) is 19.1. The van der Waals surface area contributed by atoms with Gasteiger partial charge in [-0.25, -0.2) is 9.37 Å². The minimum Gasteiger partial charge on any atom is -0.360 e. The van der Waals surface area contributed by atoms with E-state index in [-0.39, 0.29) is 17.1 Å². The predicted molar refractivity (Wildman–Crippen MR) is 133 cm³/mol. The number of hydrogen-bond donors (Lipinski definition) is 2. The Labute approximate surface area is 210 Å². The fourth-order valence-electron chi connectivity index (χ4n) is 5.62. The average Bonchev–Trinajstić information content (AvgIpc) is 3.70. The highest BCUT2D eigenvalue weighted by Crippen LogP contribution is 2.43. The van der Waals surface area contributed by atoms with Gasteiger partial charge in [-0.3, -0.25) is 9.88 Å². The van der Waals surface area contributed by atoms with Gasteiger partial charge in [0.15, 0.2) is 5.82 Å². The van der Waals surface area contributed by atoms with Gasteiger partial charge in [0.2, 0.25) is 0 Å². The van der Waals surface area contributed by atoms with Gasteiger partial charge in [0.25, 0.3) is 0 Å². The topological polar surface area (TPSA) is 104 Å². The molecule has 2 aliphatic rings. The first-order valence-corrected chi connectivity index (χ1v) is 12.2. The Kier molecular flexibility index (Phi) is 4.96. The normalized spacial score (nSPS) is 20.1. The molecule has 2 N–H and O–H groups in total. The van der Waals surface area contributed by atoms with Crippen LogP contribution in [-0.4, -0.2) is 57.6 Å². The quantitative estimate of drug-likeness (QED) is 0.369. The fourth-order valence-corrected chi connectivity index (χ4v) is 5.78. The Balaban J connectivity index is 1.18. The number of halogens is 2. The van der Waals surface area contributed by atoms with Crippen LogP contribution in [-0.2, 0) is 0 Å². The minimum absolute atomic E-state index is 0.0880. The summed E-state index contributed by atoms with van der Waals surface area (Å²) in [6, 6.07) is 5.71. The summed E-state index contributed by atoms with van der Waals surface area (Å²) in [6.45, 7) is 0.693. The molecule has 1 fully saturated rings. The summed E-state index contributed by atoms with van der Waals surface area (Å²) in [5, 5.41) is 12.5. The van der Waals surface area contributed by atoms with Crippen LogP contribution in [0.3, 0.4) is 0 Å². The third-order valence-corrected chi connectivity index (χ3v) is 7.61. The standard InChI is InChI=1S/C25H21ClFN9/c26-18-2-4-21(36-13-31-33-34-36)23(24(18)27)14-6-8-35-15(9-14)1-3-22(35)25-30-12-20(32-25)17-11-29-19-5-7-28-10-16(17)19/h2,4-7,10-13,15,22,29H,1,3,8-9H2,(H,30,32)/t15-,22+/m1/s1. The molecule has 0 amide bonds. The summed E-state index contributed by atoms with van der Waals surface area (Å²) in [5.74, 6) is 0.508. The highest BCUT2D eigenvalue weighted by atomic mass is 35.5. The highest BCUT2D eigenvalue weighted by Gasteiger charge is 2.38. The number of H-pyrrole nitrogens is 2. The largest absolute Gasteiger partial charge is 0.360 e. The van der Waals surface area contributed by atoms with Gasteiger partial charge in [-0.1, -0.05) is 17.7 Å². The zero-order chi connectivity index (χ0) is 24.2. The molecular formula is C25H21ClFN9. The molecule has 0 bridgehead atoms. The number of benzene rings is 1. The number of tetrazole rings is 1. The Morgan fingerprint density at radius 2 is 2.08 bits per heavy atom. The van der Waals surface area contributed by atoms with Gasteiger partial charge < -0.3 is 9.97 Å². The van der Waals surface area contributed by atoms with Crippen LogP contribution in [0.15, 0.2) is 55.4 Å². The summed E-state index contributed by atoms with van der Waals surface area (Å²) in [6.07, 6.45) is 13.8. The van der Waals surface area contributed by atoms with Crippen molar-refractivity contribution in [3.8, 4) is 16.9 Å². The Morgan fingerprint density at radius 3 is 2.97 bits per heavy atom. The van der Waals surface area contributed by atoms with E-state index < -0.39 is 5.82 Å². The van der Waals surface area contributed by atoms with Crippen molar-refractivity contribution in [2.45, 2.75) is 31.3 Å². The van der Waals surface area contributed by atoms with Crippen molar-refractivity contribution in [3.05, 3.63) is 77.6 Å². The van der Waals surface area contributed by atoms with Crippen molar-refractivity contribution in [2.24, 2.45) is 0 Å². The van der Waals surface area contributed by atoms with Crippen molar-refractivity contribution in [1.29, 1.82) is 0 Å². The van der Waals surface area contributed by atoms with Crippen LogP contribution in [0.1, 0.15) is 36.7 Å². The lowest BCUT2D eigenvalue weighted by molar-refractivity contribution is 0.205. The lowest BCUT2D eigenvalue weighted by atomic mass is 9.92. The van der Waals surface area contributed by atoms with E-state index in [2.05, 4.69) is 41.5 Å². The first kappa shape index (κ1) is 21.4. The molecule has 11 heteroatoms. The lowest BCUT2D eigenvalue weighted by Gasteiger charge is -2.33. The van der Waals surface area contributed by atoms with Gasteiger partial charge in [-0.15, -0.1) is 5.10 Å². The number of imidazole rings is 1. The van der Waals surface area contributed by atoms with Crippen LogP contribution in [0.4, 0.5) is 4.39 Å². The summed E-state index contributed by atoms with van der Waals surface area (Å²) in [7, 11) is 0. The first-order chi connectivity index (χ1) is 17.7. The average molecular weight is 502 g/mol. The second kappa shape index (κ2) is 8.35. The molecular weight excluding hydrogens is 481 g/mol. The second-order valence-corrected chi connectivity index (χ2v) is 9.60. The maximum absolute atomic E-state index is 15.3. The third kappa shape index (κ3) is 3.36. The van der Waals surface area contributed by atoms with Crippen molar-refractivity contribution in [3.63, 3.8) is 0 Å². The smallest absolute Gasteiger partial charge is 0.151 e. The van der Waals surface area contributed by atoms with Gasteiger partial charge >= 0.3 is 0 Å². The van der Waals surface area contributed by atoms with E-state index in [1.807, 2.05) is 24.7 Å². The summed E-state index contributed by atoms with van der Waals surface area (Å²) < 4.78 is 16.8. The molecule has 0 saturated carbocycles. The van der Waals surface area contributed by atoms with Crippen LogP contribution >= 0.6 is 11.6 Å². The number of rotatable bonds is 4. The van der Waals surface area contributed by atoms with E-state index in [9.17, 15) is 0 Å². The predicted octanol–water partition coefficient (Wildman–Crippen LogP) is 4.71. The molecule has 2 aliphatic heterocycles. The first-order valence-electron chi connectivity index (χ1n) is 11.8. The van der Waals surface area contributed by atoms with Crippen LogP contribution in [0.2, 0.25) is 5.02 Å². The Hall–Kier alpha value is -3.89. The number of nitrogens with one attached hydrogen (secondary N) is 2. The SMILES string of the molecule is Fc1c(Cl)ccc(-n2cnnn2)c1C1=CCN2[C@H](CC[C@H]2c2ncc(-c3c[nH]c4ccncc34)[nH]2)C1. The number of hydrogen-bond acceptors (Lipinski definition) is 6. The Morgan fingerprint density at radius 1 is 1.14 bits per heavy atom. The molecule has 6 heterocycles. The monoisotopic (exact) mass is 501 g/mol. The van der Waals surface area contributed by atoms with E-state index in [0.29, 0.717) is 24.2 Å². The maximum atomic E-state index is 15.3. The van der Waals surface area contributed by atoms with Crippen LogP contribution in [0.5, 0.6) is 0 Å². The van der Waals surface area contributed by atoms with E-state index in [1.165, 1.54) is 17.1 Å². The van der Waals surface area contributed by atoms with E-state index in [4.69, 9.17) is 16.6 Å². The number of nitrogens with zero attached hydrogens (tertiary/aromatic N) is 7. The molecule has 4 aromatic heterocycles. The van der Waals surface area contributed by atoms with Gasteiger partial charge in [-0.05, 0) is 53.5 Å². The number of aromatic nitrogens is 8.